The molecule has 2 aromatic rings. The monoisotopic (exact) mass is 368 g/mol. The van der Waals surface area contributed by atoms with Gasteiger partial charge in [-0.1, -0.05) is 11.6 Å². The number of nitriles is 1. The Hall–Kier alpha value is -2.04. The Labute approximate surface area is 148 Å². The van der Waals surface area contributed by atoms with Gasteiger partial charge >= 0.3 is 6.18 Å². The lowest BCUT2D eigenvalue weighted by molar-refractivity contribution is -0.143. The molecule has 132 valence electrons. The SMILES string of the molecule is N#Cc1cc(NCC2CCN(CC(F)(F)F)C2)nc2ccc(Cl)cc12. The second kappa shape index (κ2) is 7.06. The molecule has 3 rings (SSSR count). The van der Waals surface area contributed by atoms with E-state index in [0.29, 0.717) is 53.4 Å². The summed E-state index contributed by atoms with van der Waals surface area (Å²) in [6, 6.07) is 8.90. The standard InChI is InChI=1S/C17H16ClF3N4/c18-13-1-2-15-14(6-13)12(7-22)5-16(24-15)23-8-11-3-4-25(9-11)10-17(19,20)21/h1-2,5-6,11H,3-4,8-10H2,(H,23,24). The van der Waals surface area contributed by atoms with Crippen LogP contribution in [0.5, 0.6) is 0 Å². The number of nitrogens with zero attached hydrogens (tertiary/aromatic N) is 3. The van der Waals surface area contributed by atoms with E-state index in [1.165, 1.54) is 4.90 Å². The van der Waals surface area contributed by atoms with Crippen molar-refractivity contribution in [3.63, 3.8) is 0 Å². The highest BCUT2D eigenvalue weighted by atomic mass is 35.5. The van der Waals surface area contributed by atoms with Crippen LogP contribution in [0.25, 0.3) is 10.9 Å². The van der Waals surface area contributed by atoms with Crippen LogP contribution in [-0.4, -0.2) is 42.2 Å². The van der Waals surface area contributed by atoms with E-state index >= 15 is 0 Å². The van der Waals surface area contributed by atoms with Gasteiger partial charge < -0.3 is 5.32 Å². The maximum absolute atomic E-state index is 12.4. The zero-order valence-electron chi connectivity index (χ0n) is 13.3. The molecule has 0 aliphatic carbocycles. The van der Waals surface area contributed by atoms with Gasteiger partial charge in [0, 0.05) is 23.5 Å². The van der Waals surface area contributed by atoms with Crippen LogP contribution in [-0.2, 0) is 0 Å². The highest BCUT2D eigenvalue weighted by molar-refractivity contribution is 6.31. The van der Waals surface area contributed by atoms with Crippen molar-refractivity contribution in [2.45, 2.75) is 12.6 Å². The molecule has 0 radical (unpaired) electrons. The van der Waals surface area contributed by atoms with Gasteiger partial charge in [0.2, 0.25) is 0 Å². The first-order chi connectivity index (χ1) is 11.8. The van der Waals surface area contributed by atoms with E-state index in [-0.39, 0.29) is 5.92 Å². The number of hydrogen-bond donors (Lipinski definition) is 1. The summed E-state index contributed by atoms with van der Waals surface area (Å²) in [6.07, 6.45) is -3.46. The largest absolute Gasteiger partial charge is 0.401 e. The van der Waals surface area contributed by atoms with E-state index in [4.69, 9.17) is 11.6 Å². The number of aromatic nitrogens is 1. The first-order valence-corrected chi connectivity index (χ1v) is 8.25. The Morgan fingerprint density at radius 1 is 1.36 bits per heavy atom. The molecule has 2 heterocycles. The van der Waals surface area contributed by atoms with E-state index in [0.717, 1.165) is 0 Å². The molecule has 1 unspecified atom stereocenters. The summed E-state index contributed by atoms with van der Waals surface area (Å²) in [5.74, 6) is 0.663. The summed E-state index contributed by atoms with van der Waals surface area (Å²) in [4.78, 5) is 5.87. The molecule has 1 saturated heterocycles. The third-order valence-corrected chi connectivity index (χ3v) is 4.47. The first-order valence-electron chi connectivity index (χ1n) is 7.87. The number of likely N-dealkylation sites (tertiary alicyclic amines) is 1. The van der Waals surface area contributed by atoms with Gasteiger partial charge in [0.05, 0.1) is 23.7 Å². The molecule has 0 bridgehead atoms. The molecule has 1 N–H and O–H groups in total. The number of anilines is 1. The lowest BCUT2D eigenvalue weighted by Crippen LogP contribution is -2.33. The van der Waals surface area contributed by atoms with Crippen molar-refractivity contribution in [2.75, 3.05) is 31.5 Å². The summed E-state index contributed by atoms with van der Waals surface area (Å²) in [6.45, 7) is 0.502. The molecule has 1 aliphatic heterocycles. The lowest BCUT2D eigenvalue weighted by atomic mass is 10.1. The number of rotatable bonds is 4. The van der Waals surface area contributed by atoms with Crippen molar-refractivity contribution in [3.05, 3.63) is 34.9 Å². The average Bonchev–Trinajstić information content (AvgIpc) is 2.97. The van der Waals surface area contributed by atoms with Gasteiger partial charge in [-0.25, -0.2) is 4.98 Å². The number of pyridine rings is 1. The van der Waals surface area contributed by atoms with Gasteiger partial charge in [0.25, 0.3) is 0 Å². The van der Waals surface area contributed by atoms with Crippen molar-refractivity contribution in [1.29, 1.82) is 5.26 Å². The van der Waals surface area contributed by atoms with Crippen molar-refractivity contribution < 1.29 is 13.2 Å². The zero-order chi connectivity index (χ0) is 18.0. The topological polar surface area (TPSA) is 52.0 Å². The van der Waals surface area contributed by atoms with Crippen LogP contribution in [0, 0.1) is 17.2 Å². The predicted octanol–water partition coefficient (Wildman–Crippen LogP) is 4.06. The van der Waals surface area contributed by atoms with Gasteiger partial charge in [-0.05, 0) is 43.1 Å². The summed E-state index contributed by atoms with van der Waals surface area (Å²) >= 11 is 5.96. The van der Waals surface area contributed by atoms with E-state index in [2.05, 4.69) is 16.4 Å². The van der Waals surface area contributed by atoms with Crippen LogP contribution in [0.3, 0.4) is 0 Å². The summed E-state index contributed by atoms with van der Waals surface area (Å²) in [7, 11) is 0. The van der Waals surface area contributed by atoms with Crippen LogP contribution in [0.15, 0.2) is 24.3 Å². The first kappa shape index (κ1) is 17.8. The third kappa shape index (κ3) is 4.53. The smallest absolute Gasteiger partial charge is 0.370 e. The predicted molar refractivity (Wildman–Crippen MR) is 90.6 cm³/mol. The number of alkyl halides is 3. The second-order valence-electron chi connectivity index (χ2n) is 6.21. The molecule has 8 heteroatoms. The molecule has 1 aliphatic rings. The Bertz CT molecular complexity index is 816. The van der Waals surface area contributed by atoms with Crippen LogP contribution < -0.4 is 5.32 Å². The maximum atomic E-state index is 12.4. The molecule has 1 fully saturated rings. The van der Waals surface area contributed by atoms with E-state index in [1.54, 1.807) is 24.3 Å². The van der Waals surface area contributed by atoms with Gasteiger partial charge in [0.15, 0.2) is 0 Å². The molecule has 0 spiro atoms. The Morgan fingerprint density at radius 2 is 2.16 bits per heavy atom. The Kier molecular flexibility index (Phi) is 5.02. The molecule has 1 aromatic carbocycles. The van der Waals surface area contributed by atoms with E-state index in [1.807, 2.05) is 0 Å². The quantitative estimate of drug-likeness (QED) is 0.884. The fourth-order valence-corrected chi connectivity index (χ4v) is 3.28. The molecule has 25 heavy (non-hydrogen) atoms. The van der Waals surface area contributed by atoms with Gasteiger partial charge in [-0.3, -0.25) is 4.90 Å². The maximum Gasteiger partial charge on any atom is 0.401 e. The minimum Gasteiger partial charge on any atom is -0.370 e. The summed E-state index contributed by atoms with van der Waals surface area (Å²) < 4.78 is 37.3. The van der Waals surface area contributed by atoms with Crippen molar-refractivity contribution in [3.8, 4) is 6.07 Å². The highest BCUT2D eigenvalue weighted by Crippen LogP contribution is 2.25. The molecule has 0 amide bonds. The molecular formula is C17H16ClF3N4. The lowest BCUT2D eigenvalue weighted by Gasteiger charge is -2.18. The van der Waals surface area contributed by atoms with Crippen molar-refractivity contribution in [1.82, 2.24) is 9.88 Å². The van der Waals surface area contributed by atoms with Gasteiger partial charge in [-0.2, -0.15) is 18.4 Å². The van der Waals surface area contributed by atoms with Gasteiger partial charge in [0.1, 0.15) is 5.82 Å². The van der Waals surface area contributed by atoms with Crippen molar-refractivity contribution in [2.24, 2.45) is 5.92 Å². The van der Waals surface area contributed by atoms with Crippen molar-refractivity contribution >= 4 is 28.3 Å². The number of nitrogens with one attached hydrogen (secondary N) is 1. The Balaban J connectivity index is 1.66. The molecular weight excluding hydrogens is 353 g/mol. The van der Waals surface area contributed by atoms with Crippen LogP contribution in [0.2, 0.25) is 5.02 Å². The van der Waals surface area contributed by atoms with E-state index < -0.39 is 12.7 Å². The van der Waals surface area contributed by atoms with Crippen LogP contribution in [0.4, 0.5) is 19.0 Å². The average molecular weight is 369 g/mol. The Morgan fingerprint density at radius 3 is 2.88 bits per heavy atom. The van der Waals surface area contributed by atoms with Crippen LogP contribution in [0.1, 0.15) is 12.0 Å². The normalized spacial score (nSPS) is 18.4. The molecule has 0 saturated carbocycles. The van der Waals surface area contributed by atoms with E-state index in [9.17, 15) is 18.4 Å². The third-order valence-electron chi connectivity index (χ3n) is 4.24. The number of benzene rings is 1. The fourth-order valence-electron chi connectivity index (χ4n) is 3.11. The summed E-state index contributed by atoms with van der Waals surface area (Å²) in [5, 5.41) is 13.7. The number of fused-ring (bicyclic) bond motifs is 1. The van der Waals surface area contributed by atoms with Crippen LogP contribution >= 0.6 is 11.6 Å². The minimum atomic E-state index is -4.16. The fraction of sp³-hybridized carbons (Fsp3) is 0.412. The minimum absolute atomic E-state index is 0.121. The molecule has 4 nitrogen and oxygen atoms in total. The molecule has 1 aromatic heterocycles. The number of hydrogen-bond acceptors (Lipinski definition) is 4. The second-order valence-corrected chi connectivity index (χ2v) is 6.65. The van der Waals surface area contributed by atoms with Gasteiger partial charge in [-0.15, -0.1) is 0 Å². The highest BCUT2D eigenvalue weighted by Gasteiger charge is 2.34. The molecule has 1 atom stereocenters. The zero-order valence-corrected chi connectivity index (χ0v) is 14.0. The number of halogens is 4. The summed E-state index contributed by atoms with van der Waals surface area (Å²) in [5.41, 5.74) is 1.11.